The van der Waals surface area contributed by atoms with Crippen LogP contribution in [-0.4, -0.2) is 21.2 Å². The van der Waals surface area contributed by atoms with E-state index in [2.05, 4.69) is 29.4 Å². The Morgan fingerprint density at radius 2 is 2.15 bits per heavy atom. The third-order valence-electron chi connectivity index (χ3n) is 2.73. The lowest BCUT2D eigenvalue weighted by Crippen LogP contribution is -2.11. The number of nitrogens with one attached hydrogen (secondary N) is 1. The van der Waals surface area contributed by atoms with Crippen LogP contribution in [0, 0.1) is 12.8 Å². The number of nitrogens with zero attached hydrogens (tertiary/aromatic N) is 2. The largest absolute Gasteiger partial charge is 0.508 e. The topological polar surface area (TPSA) is 75.1 Å². The zero-order valence-electron chi connectivity index (χ0n) is 11.7. The number of anilines is 1. The number of carbonyl (C=O) groups excluding carboxylic acids is 1. The van der Waals surface area contributed by atoms with E-state index >= 15 is 0 Å². The van der Waals surface area contributed by atoms with E-state index in [1.807, 2.05) is 0 Å². The Morgan fingerprint density at radius 1 is 1.40 bits per heavy atom. The minimum atomic E-state index is -0.250. The van der Waals surface area contributed by atoms with Crippen molar-refractivity contribution >= 4 is 22.4 Å². The molecular formula is C14H17N3O2S. The number of phenolic OH excluding ortho intramolecular Hbond substituents is 1. The summed E-state index contributed by atoms with van der Waals surface area (Å²) in [7, 11) is 0. The van der Waals surface area contributed by atoms with E-state index in [0.717, 1.165) is 11.4 Å². The van der Waals surface area contributed by atoms with Crippen molar-refractivity contribution in [3.63, 3.8) is 0 Å². The molecule has 6 heteroatoms. The molecule has 2 aromatic rings. The quantitative estimate of drug-likeness (QED) is 0.908. The number of rotatable bonds is 4. The highest BCUT2D eigenvalue weighted by Crippen LogP contribution is 2.21. The molecule has 0 atom stereocenters. The highest BCUT2D eigenvalue weighted by Gasteiger charge is 2.12. The van der Waals surface area contributed by atoms with Gasteiger partial charge in [-0.2, -0.15) is 0 Å². The van der Waals surface area contributed by atoms with Crippen molar-refractivity contribution in [3.8, 4) is 5.75 Å². The number of phenols is 1. The van der Waals surface area contributed by atoms with Gasteiger partial charge in [0.1, 0.15) is 10.8 Å². The molecule has 0 fully saturated rings. The van der Waals surface area contributed by atoms with Gasteiger partial charge in [-0.3, -0.25) is 10.1 Å². The zero-order valence-corrected chi connectivity index (χ0v) is 12.5. The van der Waals surface area contributed by atoms with Crippen molar-refractivity contribution in [2.24, 2.45) is 5.92 Å². The highest BCUT2D eigenvalue weighted by molar-refractivity contribution is 7.15. The molecule has 0 spiro atoms. The third kappa shape index (κ3) is 3.54. The summed E-state index contributed by atoms with van der Waals surface area (Å²) in [5.41, 5.74) is 1.15. The second-order valence-electron chi connectivity index (χ2n) is 5.05. The average Bonchev–Trinajstić information content (AvgIpc) is 2.79. The Balaban J connectivity index is 2.07. The maximum atomic E-state index is 12.1. The highest BCUT2D eigenvalue weighted by atomic mass is 32.1. The van der Waals surface area contributed by atoms with Crippen LogP contribution < -0.4 is 5.32 Å². The summed E-state index contributed by atoms with van der Waals surface area (Å²) in [5.74, 6) is 0.434. The summed E-state index contributed by atoms with van der Waals surface area (Å²) in [6.07, 6.45) is 0.853. The van der Waals surface area contributed by atoms with Gasteiger partial charge in [-0.15, -0.1) is 10.2 Å². The minimum absolute atomic E-state index is 0.177. The number of hydrogen-bond acceptors (Lipinski definition) is 5. The number of carbonyl (C=O) groups is 1. The predicted molar refractivity (Wildman–Crippen MR) is 79.2 cm³/mol. The monoisotopic (exact) mass is 291 g/mol. The van der Waals surface area contributed by atoms with Gasteiger partial charge in [0.2, 0.25) is 5.13 Å². The van der Waals surface area contributed by atoms with Gasteiger partial charge < -0.3 is 5.11 Å². The number of amides is 1. The SMILES string of the molecule is Cc1cc(C(=O)Nc2nnc(CC(C)C)s2)ccc1O. The van der Waals surface area contributed by atoms with Gasteiger partial charge in [-0.1, -0.05) is 25.2 Å². The van der Waals surface area contributed by atoms with E-state index in [4.69, 9.17) is 0 Å². The first-order valence-electron chi connectivity index (χ1n) is 6.39. The predicted octanol–water partition coefficient (Wildman–Crippen LogP) is 3.00. The van der Waals surface area contributed by atoms with Crippen molar-refractivity contribution in [1.29, 1.82) is 0 Å². The first-order chi connectivity index (χ1) is 9.45. The van der Waals surface area contributed by atoms with Crippen molar-refractivity contribution in [2.45, 2.75) is 27.2 Å². The van der Waals surface area contributed by atoms with E-state index in [1.165, 1.54) is 17.4 Å². The Kier molecular flexibility index (Phi) is 4.34. The lowest BCUT2D eigenvalue weighted by Gasteiger charge is -2.03. The minimum Gasteiger partial charge on any atom is -0.508 e. The van der Waals surface area contributed by atoms with Gasteiger partial charge in [0, 0.05) is 12.0 Å². The molecule has 2 rings (SSSR count). The van der Waals surface area contributed by atoms with E-state index in [1.54, 1.807) is 19.1 Å². The molecule has 0 aliphatic heterocycles. The normalized spacial score (nSPS) is 10.8. The smallest absolute Gasteiger partial charge is 0.257 e. The fourth-order valence-electron chi connectivity index (χ4n) is 1.70. The Hall–Kier alpha value is -1.95. The van der Waals surface area contributed by atoms with E-state index in [-0.39, 0.29) is 11.7 Å². The van der Waals surface area contributed by atoms with Gasteiger partial charge in [-0.05, 0) is 36.6 Å². The van der Waals surface area contributed by atoms with Crippen LogP contribution in [0.25, 0.3) is 0 Å². The molecule has 1 amide bonds. The summed E-state index contributed by atoms with van der Waals surface area (Å²) in [5, 5.41) is 21.6. The molecule has 5 nitrogen and oxygen atoms in total. The first kappa shape index (κ1) is 14.5. The zero-order chi connectivity index (χ0) is 14.7. The number of benzene rings is 1. The first-order valence-corrected chi connectivity index (χ1v) is 7.20. The fourth-order valence-corrected chi connectivity index (χ4v) is 2.65. The molecule has 0 saturated heterocycles. The van der Waals surface area contributed by atoms with Crippen LogP contribution in [0.15, 0.2) is 18.2 Å². The van der Waals surface area contributed by atoms with Crippen LogP contribution in [-0.2, 0) is 6.42 Å². The molecule has 0 aliphatic carbocycles. The van der Waals surface area contributed by atoms with Crippen LogP contribution in [0.2, 0.25) is 0 Å². The number of aromatic hydroxyl groups is 1. The van der Waals surface area contributed by atoms with Gasteiger partial charge >= 0.3 is 0 Å². The maximum Gasteiger partial charge on any atom is 0.257 e. The molecule has 0 aliphatic rings. The standard InChI is InChI=1S/C14H17N3O2S/c1-8(2)6-12-16-17-14(20-12)15-13(19)10-4-5-11(18)9(3)7-10/h4-5,7-8,18H,6H2,1-3H3,(H,15,17,19). The van der Waals surface area contributed by atoms with Crippen LogP contribution in [0.1, 0.15) is 34.8 Å². The van der Waals surface area contributed by atoms with Crippen LogP contribution in [0.3, 0.4) is 0 Å². The summed E-state index contributed by atoms with van der Waals surface area (Å²) in [4.78, 5) is 12.1. The maximum absolute atomic E-state index is 12.1. The fraction of sp³-hybridized carbons (Fsp3) is 0.357. The molecule has 0 bridgehead atoms. The van der Waals surface area contributed by atoms with Crippen molar-refractivity contribution in [2.75, 3.05) is 5.32 Å². The summed E-state index contributed by atoms with van der Waals surface area (Å²) in [6.45, 7) is 5.97. The molecule has 2 N–H and O–H groups in total. The second kappa shape index (κ2) is 6.00. The van der Waals surface area contributed by atoms with Gasteiger partial charge in [0.15, 0.2) is 0 Å². The lowest BCUT2D eigenvalue weighted by atomic mass is 10.1. The second-order valence-corrected chi connectivity index (χ2v) is 6.12. The number of aromatic nitrogens is 2. The molecule has 20 heavy (non-hydrogen) atoms. The summed E-state index contributed by atoms with van der Waals surface area (Å²) in [6, 6.07) is 4.73. The Labute approximate surface area is 121 Å². The molecule has 0 radical (unpaired) electrons. The van der Waals surface area contributed by atoms with Crippen LogP contribution in [0.4, 0.5) is 5.13 Å². The van der Waals surface area contributed by atoms with Crippen molar-refractivity contribution in [3.05, 3.63) is 34.3 Å². The molecule has 1 aromatic heterocycles. The molecule has 0 unspecified atom stereocenters. The number of aryl methyl sites for hydroxylation is 1. The molecule has 1 heterocycles. The molecule has 0 saturated carbocycles. The van der Waals surface area contributed by atoms with Crippen LogP contribution in [0.5, 0.6) is 5.75 Å². The van der Waals surface area contributed by atoms with Gasteiger partial charge in [0.25, 0.3) is 5.91 Å². The summed E-state index contributed by atoms with van der Waals surface area (Å²) >= 11 is 1.39. The van der Waals surface area contributed by atoms with Gasteiger partial charge in [-0.25, -0.2) is 0 Å². The van der Waals surface area contributed by atoms with Gasteiger partial charge in [0.05, 0.1) is 0 Å². The number of hydrogen-bond donors (Lipinski definition) is 2. The van der Waals surface area contributed by atoms with Crippen molar-refractivity contribution in [1.82, 2.24) is 10.2 Å². The molecular weight excluding hydrogens is 274 g/mol. The van der Waals surface area contributed by atoms with Crippen molar-refractivity contribution < 1.29 is 9.90 Å². The third-order valence-corrected chi connectivity index (χ3v) is 3.59. The summed E-state index contributed by atoms with van der Waals surface area (Å²) < 4.78 is 0. The molecule has 1 aromatic carbocycles. The Morgan fingerprint density at radius 3 is 2.80 bits per heavy atom. The molecule has 106 valence electrons. The van der Waals surface area contributed by atoms with E-state index in [9.17, 15) is 9.90 Å². The Bertz CT molecular complexity index is 623. The van der Waals surface area contributed by atoms with E-state index in [0.29, 0.717) is 22.2 Å². The van der Waals surface area contributed by atoms with Crippen LogP contribution >= 0.6 is 11.3 Å². The van der Waals surface area contributed by atoms with E-state index < -0.39 is 0 Å². The average molecular weight is 291 g/mol. The lowest BCUT2D eigenvalue weighted by molar-refractivity contribution is 0.102.